The Morgan fingerprint density at radius 1 is 1.57 bits per heavy atom. The summed E-state index contributed by atoms with van der Waals surface area (Å²) in [7, 11) is 0. The van der Waals surface area contributed by atoms with Crippen LogP contribution in [0.25, 0.3) is 0 Å². The van der Waals surface area contributed by atoms with Crippen LogP contribution in [0, 0.1) is 6.92 Å². The van der Waals surface area contributed by atoms with E-state index in [0.717, 1.165) is 16.9 Å². The molecule has 76 valence electrons. The van der Waals surface area contributed by atoms with Gasteiger partial charge in [0.05, 0.1) is 6.10 Å². The number of rotatable bonds is 4. The topological polar surface area (TPSA) is 29.5 Å². The molecule has 0 aliphatic carbocycles. The smallest absolute Gasteiger partial charge is 0.122 e. The van der Waals surface area contributed by atoms with Crippen LogP contribution in [0.1, 0.15) is 24.2 Å². The molecular formula is C12H16O2. The third-order valence-corrected chi connectivity index (χ3v) is 2.04. The second-order valence-corrected chi connectivity index (χ2v) is 3.30. The van der Waals surface area contributed by atoms with E-state index in [9.17, 15) is 5.11 Å². The molecule has 2 nitrogen and oxygen atoms in total. The molecule has 0 unspecified atom stereocenters. The average molecular weight is 192 g/mol. The van der Waals surface area contributed by atoms with E-state index >= 15 is 0 Å². The summed E-state index contributed by atoms with van der Waals surface area (Å²) in [6, 6.07) is 5.68. The molecule has 1 aromatic carbocycles. The first-order valence-corrected chi connectivity index (χ1v) is 4.67. The molecule has 0 spiro atoms. The number of aliphatic hydroxyl groups is 1. The van der Waals surface area contributed by atoms with Crippen molar-refractivity contribution in [2.45, 2.75) is 20.0 Å². The Morgan fingerprint density at radius 3 is 2.79 bits per heavy atom. The fraction of sp³-hybridized carbons (Fsp3) is 0.333. The molecule has 1 rings (SSSR count). The van der Waals surface area contributed by atoms with Crippen molar-refractivity contribution < 1.29 is 9.84 Å². The van der Waals surface area contributed by atoms with Gasteiger partial charge in [0.25, 0.3) is 0 Å². The molecule has 1 N–H and O–H groups in total. The van der Waals surface area contributed by atoms with Gasteiger partial charge in [-0.2, -0.15) is 0 Å². The van der Waals surface area contributed by atoms with Gasteiger partial charge in [-0.25, -0.2) is 0 Å². The third kappa shape index (κ3) is 2.60. The number of ether oxygens (including phenoxy) is 1. The molecule has 1 aromatic rings. The molecule has 14 heavy (non-hydrogen) atoms. The molecule has 0 radical (unpaired) electrons. The van der Waals surface area contributed by atoms with Crippen LogP contribution >= 0.6 is 0 Å². The Hall–Kier alpha value is -1.28. The molecule has 0 heterocycles. The molecule has 1 atom stereocenters. The van der Waals surface area contributed by atoms with Crippen LogP contribution in [-0.2, 0) is 0 Å². The zero-order chi connectivity index (χ0) is 10.6. The summed E-state index contributed by atoms with van der Waals surface area (Å²) < 4.78 is 5.42. The van der Waals surface area contributed by atoms with Crippen LogP contribution in [0.15, 0.2) is 30.9 Å². The lowest BCUT2D eigenvalue weighted by atomic mass is 10.1. The Balaban J connectivity index is 2.84. The van der Waals surface area contributed by atoms with Crippen molar-refractivity contribution in [2.24, 2.45) is 0 Å². The first-order valence-electron chi connectivity index (χ1n) is 4.67. The van der Waals surface area contributed by atoms with Crippen molar-refractivity contribution in [2.75, 3.05) is 6.61 Å². The molecular weight excluding hydrogens is 176 g/mol. The van der Waals surface area contributed by atoms with Gasteiger partial charge in [0.1, 0.15) is 12.4 Å². The summed E-state index contributed by atoms with van der Waals surface area (Å²) in [5.41, 5.74) is 1.94. The maximum Gasteiger partial charge on any atom is 0.122 e. The van der Waals surface area contributed by atoms with Gasteiger partial charge >= 0.3 is 0 Å². The molecule has 0 bridgehead atoms. The highest BCUT2D eigenvalue weighted by Gasteiger charge is 2.04. The Bertz CT molecular complexity index is 316. The highest BCUT2D eigenvalue weighted by Crippen LogP contribution is 2.22. The van der Waals surface area contributed by atoms with E-state index in [1.807, 2.05) is 25.1 Å². The van der Waals surface area contributed by atoms with Crippen LogP contribution in [-0.4, -0.2) is 11.7 Å². The average Bonchev–Trinajstić information content (AvgIpc) is 2.15. The Labute approximate surface area is 84.8 Å². The van der Waals surface area contributed by atoms with Crippen LogP contribution in [0.5, 0.6) is 5.75 Å². The lowest BCUT2D eigenvalue weighted by molar-refractivity contribution is 0.199. The van der Waals surface area contributed by atoms with Gasteiger partial charge in [0, 0.05) is 0 Å². The summed E-state index contributed by atoms with van der Waals surface area (Å²) in [4.78, 5) is 0. The van der Waals surface area contributed by atoms with Gasteiger partial charge in [0.15, 0.2) is 0 Å². The second kappa shape index (κ2) is 4.82. The second-order valence-electron chi connectivity index (χ2n) is 3.30. The van der Waals surface area contributed by atoms with Crippen LogP contribution in [0.2, 0.25) is 0 Å². The Kier molecular flexibility index (Phi) is 3.72. The van der Waals surface area contributed by atoms with Crippen LogP contribution in [0.4, 0.5) is 0 Å². The van der Waals surface area contributed by atoms with Crippen molar-refractivity contribution in [3.05, 3.63) is 42.0 Å². The minimum absolute atomic E-state index is 0.429. The summed E-state index contributed by atoms with van der Waals surface area (Å²) in [5.74, 6) is 0.842. The highest BCUT2D eigenvalue weighted by atomic mass is 16.5. The van der Waals surface area contributed by atoms with Gasteiger partial charge in [-0.15, -0.1) is 0 Å². The SMILES string of the molecule is C=CCOc1ccc([C@H](C)O)cc1C. The van der Waals surface area contributed by atoms with Gasteiger partial charge in [-0.3, -0.25) is 0 Å². The molecule has 0 aliphatic heterocycles. The molecule has 0 amide bonds. The molecule has 0 aromatic heterocycles. The largest absolute Gasteiger partial charge is 0.489 e. The minimum Gasteiger partial charge on any atom is -0.489 e. The van der Waals surface area contributed by atoms with E-state index in [2.05, 4.69) is 6.58 Å². The summed E-state index contributed by atoms with van der Waals surface area (Å²) in [6.45, 7) is 7.81. The lowest BCUT2D eigenvalue weighted by Gasteiger charge is -2.10. The Morgan fingerprint density at radius 2 is 2.29 bits per heavy atom. The number of benzene rings is 1. The van der Waals surface area contributed by atoms with E-state index in [1.54, 1.807) is 13.0 Å². The van der Waals surface area contributed by atoms with Crippen molar-refractivity contribution in [1.29, 1.82) is 0 Å². The standard InChI is InChI=1S/C12H16O2/c1-4-7-14-12-6-5-11(10(3)13)8-9(12)2/h4-6,8,10,13H,1,7H2,2-3H3/t10-/m0/s1. The quantitative estimate of drug-likeness (QED) is 0.743. The van der Waals surface area contributed by atoms with Crippen molar-refractivity contribution in [3.8, 4) is 5.75 Å². The first-order chi connectivity index (χ1) is 6.65. The van der Waals surface area contributed by atoms with Crippen LogP contribution < -0.4 is 4.74 Å². The minimum atomic E-state index is -0.429. The zero-order valence-corrected chi connectivity index (χ0v) is 8.66. The fourth-order valence-electron chi connectivity index (χ4n) is 1.24. The first kappa shape index (κ1) is 10.8. The van der Waals surface area contributed by atoms with Crippen LogP contribution in [0.3, 0.4) is 0 Å². The summed E-state index contributed by atoms with van der Waals surface area (Å²) in [6.07, 6.45) is 1.28. The number of hydrogen-bond donors (Lipinski definition) is 1. The third-order valence-electron chi connectivity index (χ3n) is 2.04. The van der Waals surface area contributed by atoms with Crippen molar-refractivity contribution in [3.63, 3.8) is 0 Å². The number of aliphatic hydroxyl groups excluding tert-OH is 1. The fourth-order valence-corrected chi connectivity index (χ4v) is 1.24. The van der Waals surface area contributed by atoms with E-state index in [1.165, 1.54) is 0 Å². The lowest BCUT2D eigenvalue weighted by Crippen LogP contribution is -1.97. The molecule has 2 heteroatoms. The predicted octanol–water partition coefficient (Wildman–Crippen LogP) is 2.61. The maximum atomic E-state index is 9.36. The predicted molar refractivity (Wildman–Crippen MR) is 57.5 cm³/mol. The molecule has 0 aliphatic rings. The normalized spacial score (nSPS) is 12.2. The monoisotopic (exact) mass is 192 g/mol. The van der Waals surface area contributed by atoms with Crippen molar-refractivity contribution >= 4 is 0 Å². The van der Waals surface area contributed by atoms with Gasteiger partial charge in [-0.1, -0.05) is 18.7 Å². The van der Waals surface area contributed by atoms with Gasteiger partial charge in [0.2, 0.25) is 0 Å². The van der Waals surface area contributed by atoms with E-state index in [4.69, 9.17) is 4.74 Å². The molecule has 0 saturated heterocycles. The van der Waals surface area contributed by atoms with Gasteiger partial charge in [-0.05, 0) is 37.1 Å². The van der Waals surface area contributed by atoms with Gasteiger partial charge < -0.3 is 9.84 Å². The van der Waals surface area contributed by atoms with E-state index < -0.39 is 6.10 Å². The number of hydrogen-bond acceptors (Lipinski definition) is 2. The summed E-state index contributed by atoms with van der Waals surface area (Å²) in [5, 5.41) is 9.36. The number of aryl methyl sites for hydroxylation is 1. The molecule has 0 fully saturated rings. The molecule has 0 saturated carbocycles. The van der Waals surface area contributed by atoms with Crippen molar-refractivity contribution in [1.82, 2.24) is 0 Å². The maximum absolute atomic E-state index is 9.36. The highest BCUT2D eigenvalue weighted by molar-refractivity contribution is 5.37. The van der Waals surface area contributed by atoms with E-state index in [-0.39, 0.29) is 0 Å². The zero-order valence-electron chi connectivity index (χ0n) is 8.66. The van der Waals surface area contributed by atoms with E-state index in [0.29, 0.717) is 6.61 Å². The summed E-state index contributed by atoms with van der Waals surface area (Å²) >= 11 is 0.